The number of halogens is 1. The van der Waals surface area contributed by atoms with Gasteiger partial charge in [0.1, 0.15) is 5.75 Å². The summed E-state index contributed by atoms with van der Waals surface area (Å²) in [4.78, 5) is 0. The maximum Gasteiger partial charge on any atom is 0.173 e. The van der Waals surface area contributed by atoms with Crippen molar-refractivity contribution in [3.63, 3.8) is 0 Å². The zero-order chi connectivity index (χ0) is 20.1. The zero-order valence-electron chi connectivity index (χ0n) is 16.3. The monoisotopic (exact) mass is 446 g/mol. The highest BCUT2D eigenvalue weighted by Gasteiger charge is 2.07. The fourth-order valence-corrected chi connectivity index (χ4v) is 3.52. The summed E-state index contributed by atoms with van der Waals surface area (Å²) >= 11 is 3.48. The number of hydrogen-bond acceptors (Lipinski definition) is 1. The summed E-state index contributed by atoms with van der Waals surface area (Å²) in [6.45, 7) is 1.70. The molecule has 29 heavy (non-hydrogen) atoms. The van der Waals surface area contributed by atoms with Gasteiger partial charge in [0, 0.05) is 39.9 Å². The molecule has 0 spiro atoms. The maximum atomic E-state index is 5.22. The lowest BCUT2D eigenvalue weighted by Crippen LogP contribution is -2.33. The predicted octanol–water partition coefficient (Wildman–Crippen LogP) is 4.80. The third kappa shape index (κ3) is 5.09. The van der Waals surface area contributed by atoms with Gasteiger partial charge in [-0.15, -0.1) is 0 Å². The van der Waals surface area contributed by atoms with E-state index in [0.717, 1.165) is 23.3 Å². The summed E-state index contributed by atoms with van der Waals surface area (Å²) in [5, 5.41) is 0. The van der Waals surface area contributed by atoms with Crippen LogP contribution in [0.4, 0.5) is 0 Å². The van der Waals surface area contributed by atoms with E-state index in [1.807, 2.05) is 12.1 Å². The molecule has 0 fully saturated rings. The first kappa shape index (κ1) is 19.3. The number of nitrogens with zero attached hydrogens (tertiary/aromatic N) is 2. The molecule has 0 atom stereocenters. The molecule has 0 aliphatic heterocycles. The van der Waals surface area contributed by atoms with Gasteiger partial charge in [-0.1, -0.05) is 28.1 Å². The summed E-state index contributed by atoms with van der Waals surface area (Å²) in [6, 6.07) is 25.3. The third-order valence-electron chi connectivity index (χ3n) is 4.92. The molecular weight excluding hydrogens is 424 g/mol. The van der Waals surface area contributed by atoms with Crippen LogP contribution in [0.5, 0.6) is 5.75 Å². The van der Waals surface area contributed by atoms with Crippen LogP contribution in [0.25, 0.3) is 11.1 Å². The molecule has 0 saturated carbocycles. The van der Waals surface area contributed by atoms with Crippen LogP contribution < -0.4 is 13.9 Å². The van der Waals surface area contributed by atoms with Crippen molar-refractivity contribution in [2.75, 3.05) is 7.11 Å². The van der Waals surface area contributed by atoms with E-state index < -0.39 is 0 Å². The van der Waals surface area contributed by atoms with Crippen LogP contribution in [0.3, 0.4) is 0 Å². The van der Waals surface area contributed by atoms with E-state index in [1.165, 1.54) is 22.3 Å². The molecule has 0 aliphatic carbocycles. The first-order chi connectivity index (χ1) is 14.2. The molecule has 0 N–H and O–H groups in total. The molecule has 0 unspecified atom stereocenters. The Morgan fingerprint density at radius 1 is 0.621 bits per heavy atom. The van der Waals surface area contributed by atoms with E-state index in [4.69, 9.17) is 4.74 Å². The topological polar surface area (TPSA) is 17.0 Å². The Hall–Kier alpha value is -2.98. The normalized spacial score (nSPS) is 10.7. The van der Waals surface area contributed by atoms with E-state index in [9.17, 15) is 0 Å². The molecule has 3 nitrogen and oxygen atoms in total. The van der Waals surface area contributed by atoms with Crippen LogP contribution in [0.2, 0.25) is 0 Å². The molecule has 0 radical (unpaired) electrons. The van der Waals surface area contributed by atoms with Gasteiger partial charge in [0.2, 0.25) is 0 Å². The number of ether oxygens (including phenoxy) is 1. The summed E-state index contributed by atoms with van der Waals surface area (Å²) in [6.07, 6.45) is 8.52. The van der Waals surface area contributed by atoms with E-state index >= 15 is 0 Å². The fourth-order valence-electron chi connectivity index (χ4n) is 3.25. The van der Waals surface area contributed by atoms with Gasteiger partial charge in [-0.3, -0.25) is 0 Å². The third-order valence-corrected chi connectivity index (χ3v) is 5.45. The molecule has 2 aromatic carbocycles. The Morgan fingerprint density at radius 3 is 1.45 bits per heavy atom. The van der Waals surface area contributed by atoms with Gasteiger partial charge in [-0.2, -0.15) is 0 Å². The van der Waals surface area contributed by atoms with Gasteiger partial charge in [-0.05, 0) is 47.5 Å². The number of pyridine rings is 2. The molecule has 0 aliphatic rings. The lowest BCUT2D eigenvalue weighted by Gasteiger charge is -2.03. The minimum Gasteiger partial charge on any atom is -0.497 e. The second kappa shape index (κ2) is 9.01. The Balaban J connectivity index is 1.42. The van der Waals surface area contributed by atoms with Gasteiger partial charge in [-0.25, -0.2) is 9.13 Å². The number of rotatable bonds is 6. The predicted molar refractivity (Wildman–Crippen MR) is 118 cm³/mol. The Kier molecular flexibility index (Phi) is 6.01. The van der Waals surface area contributed by atoms with Gasteiger partial charge < -0.3 is 4.74 Å². The SMILES string of the molecule is COc1ccc(C[n+]2ccc(-c3cc[n+](Cc4ccc(Br)cc4)cc3)cc2)cc1. The van der Waals surface area contributed by atoms with E-state index in [-0.39, 0.29) is 0 Å². The lowest BCUT2D eigenvalue weighted by molar-refractivity contribution is -0.688. The maximum absolute atomic E-state index is 5.22. The molecule has 144 valence electrons. The van der Waals surface area contributed by atoms with Crippen molar-refractivity contribution in [1.82, 2.24) is 0 Å². The van der Waals surface area contributed by atoms with Crippen LogP contribution in [0.1, 0.15) is 11.1 Å². The molecule has 0 saturated heterocycles. The van der Waals surface area contributed by atoms with Crippen molar-refractivity contribution >= 4 is 15.9 Å². The Morgan fingerprint density at radius 2 is 1.03 bits per heavy atom. The number of aromatic nitrogens is 2. The quantitative estimate of drug-likeness (QED) is 0.389. The first-order valence-corrected chi connectivity index (χ1v) is 10.3. The van der Waals surface area contributed by atoms with Crippen molar-refractivity contribution in [3.8, 4) is 16.9 Å². The van der Waals surface area contributed by atoms with Crippen molar-refractivity contribution in [1.29, 1.82) is 0 Å². The average Bonchev–Trinajstić information content (AvgIpc) is 2.77. The van der Waals surface area contributed by atoms with E-state index in [0.29, 0.717) is 0 Å². The highest BCUT2D eigenvalue weighted by Crippen LogP contribution is 2.16. The van der Waals surface area contributed by atoms with Crippen LogP contribution >= 0.6 is 15.9 Å². The Bertz CT molecular complexity index is 1060. The molecule has 4 heteroatoms. The van der Waals surface area contributed by atoms with Crippen LogP contribution in [-0.4, -0.2) is 7.11 Å². The highest BCUT2D eigenvalue weighted by atomic mass is 79.9. The average molecular weight is 447 g/mol. The summed E-state index contributed by atoms with van der Waals surface area (Å²) < 4.78 is 10.7. The summed E-state index contributed by atoms with van der Waals surface area (Å²) in [5.41, 5.74) is 4.96. The minimum atomic E-state index is 0.840. The molecule has 0 amide bonds. The molecule has 4 aromatic rings. The first-order valence-electron chi connectivity index (χ1n) is 9.55. The Labute approximate surface area is 180 Å². The van der Waals surface area contributed by atoms with Gasteiger partial charge in [0.25, 0.3) is 0 Å². The zero-order valence-corrected chi connectivity index (χ0v) is 17.9. The summed E-state index contributed by atoms with van der Waals surface area (Å²) in [7, 11) is 1.69. The number of methoxy groups -OCH3 is 1. The molecule has 2 heterocycles. The highest BCUT2D eigenvalue weighted by molar-refractivity contribution is 9.10. The van der Waals surface area contributed by atoms with Crippen molar-refractivity contribution in [2.24, 2.45) is 0 Å². The molecule has 4 rings (SSSR count). The smallest absolute Gasteiger partial charge is 0.173 e. The summed E-state index contributed by atoms with van der Waals surface area (Å²) in [5.74, 6) is 0.885. The van der Waals surface area contributed by atoms with Gasteiger partial charge in [0.15, 0.2) is 37.9 Å². The number of benzene rings is 2. The van der Waals surface area contributed by atoms with E-state index in [1.54, 1.807) is 7.11 Å². The van der Waals surface area contributed by atoms with Crippen molar-refractivity contribution < 1.29 is 13.9 Å². The van der Waals surface area contributed by atoms with Crippen molar-refractivity contribution in [2.45, 2.75) is 13.1 Å². The number of hydrogen-bond donors (Lipinski definition) is 0. The lowest BCUT2D eigenvalue weighted by atomic mass is 10.1. The van der Waals surface area contributed by atoms with Gasteiger partial charge >= 0.3 is 0 Å². The van der Waals surface area contributed by atoms with Crippen LogP contribution in [-0.2, 0) is 13.1 Å². The van der Waals surface area contributed by atoms with E-state index in [2.05, 4.69) is 111 Å². The molecular formula is C25H23BrN2O+2. The largest absolute Gasteiger partial charge is 0.497 e. The molecule has 0 bridgehead atoms. The van der Waals surface area contributed by atoms with Crippen LogP contribution in [0.15, 0.2) is 102 Å². The molecule has 2 aromatic heterocycles. The minimum absolute atomic E-state index is 0.840. The fraction of sp³-hybridized carbons (Fsp3) is 0.120. The van der Waals surface area contributed by atoms with Crippen LogP contribution in [0, 0.1) is 0 Å². The second-order valence-corrected chi connectivity index (χ2v) is 7.91. The standard InChI is InChI=1S/C25H23BrN2O/c1-29-25-8-4-21(5-9-25)19-28-16-12-23(13-17-28)22-10-14-27(15-11-22)18-20-2-6-24(26)7-3-20/h2-17H,18-19H2,1H3/q+2. The van der Waals surface area contributed by atoms with Crippen molar-refractivity contribution in [3.05, 3.63) is 113 Å². The second-order valence-electron chi connectivity index (χ2n) is 6.99. The van der Waals surface area contributed by atoms with Gasteiger partial charge in [0.05, 0.1) is 7.11 Å².